The Hall–Kier alpha value is -3.45. The molecule has 1 fully saturated rings. The quantitative estimate of drug-likeness (QED) is 0.521. The van der Waals surface area contributed by atoms with Crippen molar-refractivity contribution in [2.75, 3.05) is 16.8 Å². The molecule has 1 saturated heterocycles. The van der Waals surface area contributed by atoms with Gasteiger partial charge in [-0.1, -0.05) is 18.2 Å². The van der Waals surface area contributed by atoms with E-state index in [2.05, 4.69) is 10.4 Å². The van der Waals surface area contributed by atoms with Gasteiger partial charge in [-0.3, -0.25) is 9.59 Å². The normalized spacial score (nSPS) is 13.9. The minimum atomic E-state index is -0.153. The van der Waals surface area contributed by atoms with E-state index >= 15 is 0 Å². The fourth-order valence-corrected chi connectivity index (χ4v) is 4.82. The van der Waals surface area contributed by atoms with Gasteiger partial charge in [-0.2, -0.15) is 5.10 Å². The van der Waals surface area contributed by atoms with E-state index in [0.29, 0.717) is 17.0 Å². The van der Waals surface area contributed by atoms with E-state index in [1.165, 1.54) is 11.3 Å². The molecule has 1 aliphatic heterocycles. The van der Waals surface area contributed by atoms with Gasteiger partial charge in [0.2, 0.25) is 5.91 Å². The predicted molar refractivity (Wildman–Crippen MR) is 120 cm³/mol. The zero-order chi connectivity index (χ0) is 20.7. The van der Waals surface area contributed by atoms with Gasteiger partial charge < -0.3 is 10.2 Å². The average Bonchev–Trinajstić information content (AvgIpc) is 3.46. The van der Waals surface area contributed by atoms with E-state index in [4.69, 9.17) is 0 Å². The second kappa shape index (κ2) is 7.42. The number of anilines is 2. The van der Waals surface area contributed by atoms with Crippen molar-refractivity contribution in [2.45, 2.75) is 19.8 Å². The summed E-state index contributed by atoms with van der Waals surface area (Å²) in [5, 5.41) is 8.56. The minimum Gasteiger partial charge on any atom is -0.321 e. The standard InChI is InChI=1S/C23H20N4O2S/c1-15-19-14-20(30-23(19)27(25-15)18-6-3-2-4-7-18)22(29)24-16-9-11-17(12-10-16)26-13-5-8-21(26)28/h2-4,6-7,9-12,14H,5,8,13H2,1H3,(H,24,29). The molecule has 6 nitrogen and oxygen atoms in total. The third-order valence-corrected chi connectivity index (χ3v) is 6.39. The van der Waals surface area contributed by atoms with Crippen molar-refractivity contribution in [3.63, 3.8) is 0 Å². The maximum Gasteiger partial charge on any atom is 0.265 e. The molecule has 7 heteroatoms. The second-order valence-electron chi connectivity index (χ2n) is 7.31. The van der Waals surface area contributed by atoms with E-state index < -0.39 is 0 Å². The van der Waals surface area contributed by atoms with Gasteiger partial charge in [0, 0.05) is 29.7 Å². The molecule has 0 bridgehead atoms. The van der Waals surface area contributed by atoms with Crippen LogP contribution in [0, 0.1) is 6.92 Å². The first-order valence-corrected chi connectivity index (χ1v) is 10.7. The van der Waals surface area contributed by atoms with Crippen LogP contribution in [0.15, 0.2) is 60.7 Å². The number of nitrogens with one attached hydrogen (secondary N) is 1. The molecule has 0 spiro atoms. The van der Waals surface area contributed by atoms with Crippen molar-refractivity contribution in [2.24, 2.45) is 0 Å². The molecule has 0 unspecified atom stereocenters. The lowest BCUT2D eigenvalue weighted by atomic mass is 10.2. The summed E-state index contributed by atoms with van der Waals surface area (Å²) >= 11 is 1.43. The van der Waals surface area contributed by atoms with E-state index in [1.807, 2.05) is 72.3 Å². The Balaban J connectivity index is 1.38. The number of aryl methyl sites for hydroxylation is 1. The number of aromatic nitrogens is 2. The maximum absolute atomic E-state index is 12.8. The fourth-order valence-electron chi connectivity index (χ4n) is 3.74. The molecule has 0 atom stereocenters. The molecule has 3 heterocycles. The first kappa shape index (κ1) is 18.6. The van der Waals surface area contributed by atoms with Crippen LogP contribution < -0.4 is 10.2 Å². The number of hydrogen-bond acceptors (Lipinski definition) is 4. The van der Waals surface area contributed by atoms with Gasteiger partial charge in [0.25, 0.3) is 5.91 Å². The van der Waals surface area contributed by atoms with Crippen molar-refractivity contribution in [1.82, 2.24) is 9.78 Å². The monoisotopic (exact) mass is 416 g/mol. The SMILES string of the molecule is Cc1nn(-c2ccccc2)c2sc(C(=O)Nc3ccc(N4CCCC4=O)cc3)cc12. The molecule has 30 heavy (non-hydrogen) atoms. The Bertz CT molecular complexity index is 1240. The minimum absolute atomic E-state index is 0.153. The third kappa shape index (κ3) is 3.27. The highest BCUT2D eigenvalue weighted by Crippen LogP contribution is 2.31. The Morgan fingerprint density at radius 1 is 1.07 bits per heavy atom. The van der Waals surface area contributed by atoms with Crippen LogP contribution in [0.2, 0.25) is 0 Å². The van der Waals surface area contributed by atoms with Crippen molar-refractivity contribution in [3.8, 4) is 5.69 Å². The molecule has 4 aromatic rings. The van der Waals surface area contributed by atoms with Crippen molar-refractivity contribution in [3.05, 3.63) is 71.2 Å². The summed E-state index contributed by atoms with van der Waals surface area (Å²) in [4.78, 5) is 28.1. The molecular formula is C23H20N4O2S. The zero-order valence-electron chi connectivity index (χ0n) is 16.5. The summed E-state index contributed by atoms with van der Waals surface area (Å²) in [6.07, 6.45) is 1.49. The van der Waals surface area contributed by atoms with Crippen LogP contribution in [0.3, 0.4) is 0 Å². The largest absolute Gasteiger partial charge is 0.321 e. The second-order valence-corrected chi connectivity index (χ2v) is 8.34. The van der Waals surface area contributed by atoms with Crippen molar-refractivity contribution < 1.29 is 9.59 Å². The number of benzene rings is 2. The van der Waals surface area contributed by atoms with Gasteiger partial charge >= 0.3 is 0 Å². The van der Waals surface area contributed by atoms with Crippen LogP contribution >= 0.6 is 11.3 Å². The van der Waals surface area contributed by atoms with Crippen molar-refractivity contribution in [1.29, 1.82) is 0 Å². The lowest BCUT2D eigenvalue weighted by Crippen LogP contribution is -2.23. The Morgan fingerprint density at radius 3 is 2.53 bits per heavy atom. The number of nitrogens with zero attached hydrogens (tertiary/aromatic N) is 3. The highest BCUT2D eigenvalue weighted by atomic mass is 32.1. The summed E-state index contributed by atoms with van der Waals surface area (Å²) < 4.78 is 1.88. The Labute approximate surface area is 177 Å². The Morgan fingerprint density at radius 2 is 1.83 bits per heavy atom. The molecule has 0 saturated carbocycles. The lowest BCUT2D eigenvalue weighted by molar-refractivity contribution is -0.117. The number of amides is 2. The first-order valence-electron chi connectivity index (χ1n) is 9.86. The van der Waals surface area contributed by atoms with Crippen LogP contribution in [0.25, 0.3) is 15.9 Å². The summed E-state index contributed by atoms with van der Waals surface area (Å²) in [6.45, 7) is 2.71. The Kier molecular flexibility index (Phi) is 4.59. The number of hydrogen-bond donors (Lipinski definition) is 1. The van der Waals surface area contributed by atoms with Gasteiger partial charge in [-0.05, 0) is 55.8 Å². The summed E-state index contributed by atoms with van der Waals surface area (Å²) in [7, 11) is 0. The third-order valence-electron chi connectivity index (χ3n) is 5.28. The van der Waals surface area contributed by atoms with Crippen LogP contribution in [0.1, 0.15) is 28.2 Å². The lowest BCUT2D eigenvalue weighted by Gasteiger charge is -2.16. The highest BCUT2D eigenvalue weighted by molar-refractivity contribution is 7.20. The first-order chi connectivity index (χ1) is 14.6. The maximum atomic E-state index is 12.8. The molecule has 150 valence electrons. The summed E-state index contributed by atoms with van der Waals surface area (Å²) in [5.74, 6) is 0.0000940. The molecule has 0 radical (unpaired) electrons. The van der Waals surface area contributed by atoms with Gasteiger partial charge in [0.15, 0.2) is 0 Å². The van der Waals surface area contributed by atoms with Gasteiger partial charge in [0.1, 0.15) is 4.83 Å². The van der Waals surface area contributed by atoms with E-state index in [1.54, 1.807) is 4.90 Å². The van der Waals surface area contributed by atoms with E-state index in [9.17, 15) is 9.59 Å². The summed E-state index contributed by atoms with van der Waals surface area (Å²) in [5.41, 5.74) is 3.44. The zero-order valence-corrected chi connectivity index (χ0v) is 17.3. The van der Waals surface area contributed by atoms with Gasteiger partial charge in [-0.25, -0.2) is 4.68 Å². The van der Waals surface area contributed by atoms with Crippen LogP contribution in [0.5, 0.6) is 0 Å². The molecule has 5 rings (SSSR count). The number of fused-ring (bicyclic) bond motifs is 1. The molecule has 2 amide bonds. The highest BCUT2D eigenvalue weighted by Gasteiger charge is 2.22. The topological polar surface area (TPSA) is 67.2 Å². The number of thiophene rings is 1. The summed E-state index contributed by atoms with van der Waals surface area (Å²) in [6, 6.07) is 19.2. The number of rotatable bonds is 4. The number of para-hydroxylation sites is 1. The average molecular weight is 417 g/mol. The molecule has 2 aromatic heterocycles. The predicted octanol–water partition coefficient (Wildman–Crippen LogP) is 4.77. The molecule has 1 N–H and O–H groups in total. The van der Waals surface area contributed by atoms with E-state index in [-0.39, 0.29) is 11.8 Å². The van der Waals surface area contributed by atoms with Crippen LogP contribution in [0.4, 0.5) is 11.4 Å². The molecule has 1 aliphatic rings. The van der Waals surface area contributed by atoms with Gasteiger partial charge in [0.05, 0.1) is 16.3 Å². The van der Waals surface area contributed by atoms with Crippen LogP contribution in [-0.4, -0.2) is 28.1 Å². The van der Waals surface area contributed by atoms with Gasteiger partial charge in [-0.15, -0.1) is 11.3 Å². The molecule has 0 aliphatic carbocycles. The number of carbonyl (C=O) groups is 2. The van der Waals surface area contributed by atoms with E-state index in [0.717, 1.165) is 40.3 Å². The smallest absolute Gasteiger partial charge is 0.265 e. The number of carbonyl (C=O) groups excluding carboxylic acids is 2. The molecular weight excluding hydrogens is 396 g/mol. The fraction of sp³-hybridized carbons (Fsp3) is 0.174. The molecule has 2 aromatic carbocycles. The van der Waals surface area contributed by atoms with Crippen LogP contribution in [-0.2, 0) is 4.79 Å². The van der Waals surface area contributed by atoms with Crippen molar-refractivity contribution >= 4 is 44.7 Å².